The highest BCUT2D eigenvalue weighted by Gasteiger charge is 2.10. The van der Waals surface area contributed by atoms with Crippen molar-refractivity contribution in [2.75, 3.05) is 6.54 Å². The zero-order valence-electron chi connectivity index (χ0n) is 15.0. The summed E-state index contributed by atoms with van der Waals surface area (Å²) in [6.07, 6.45) is 0.701. The molecule has 0 radical (unpaired) electrons. The van der Waals surface area contributed by atoms with Crippen LogP contribution in [0.15, 0.2) is 29.6 Å². The second-order valence-corrected chi connectivity index (χ2v) is 7.18. The molecular weight excluding hydrogens is 332 g/mol. The van der Waals surface area contributed by atoms with Crippen molar-refractivity contribution in [1.82, 2.24) is 20.1 Å². The van der Waals surface area contributed by atoms with Crippen LogP contribution in [0.25, 0.3) is 5.13 Å². The lowest BCUT2D eigenvalue weighted by Crippen LogP contribution is -2.25. The summed E-state index contributed by atoms with van der Waals surface area (Å²) in [4.78, 5) is 16.9. The number of hydrogen-bond donors (Lipinski definition) is 1. The number of carbonyl (C=O) groups excluding carboxylic acids is 1. The van der Waals surface area contributed by atoms with Crippen molar-refractivity contribution >= 4 is 17.2 Å². The summed E-state index contributed by atoms with van der Waals surface area (Å²) in [5.74, 6) is -0.0409. The molecule has 1 N–H and O–H groups in total. The van der Waals surface area contributed by atoms with Crippen LogP contribution < -0.4 is 5.32 Å². The smallest absolute Gasteiger partial charge is 0.251 e. The molecule has 0 saturated carbocycles. The van der Waals surface area contributed by atoms with E-state index in [0.29, 0.717) is 18.5 Å². The van der Waals surface area contributed by atoms with Gasteiger partial charge in [-0.2, -0.15) is 5.10 Å². The van der Waals surface area contributed by atoms with E-state index in [4.69, 9.17) is 0 Å². The Kier molecular flexibility index (Phi) is 4.99. The standard InChI is InChI=1S/C19H22N4OS/c1-12-7-13(2)9-16(8-12)18(24)20-6-5-17-11-25-19(21-17)23-15(4)10-14(3)22-23/h7-11H,5-6H2,1-4H3,(H,20,24). The molecule has 0 aliphatic carbocycles. The fraction of sp³-hybridized carbons (Fsp3) is 0.316. The summed E-state index contributed by atoms with van der Waals surface area (Å²) in [6.45, 7) is 8.55. The molecule has 0 unspecified atom stereocenters. The van der Waals surface area contributed by atoms with Gasteiger partial charge in [0.25, 0.3) is 5.91 Å². The average molecular weight is 354 g/mol. The Morgan fingerprint density at radius 3 is 2.48 bits per heavy atom. The molecule has 2 aromatic heterocycles. The van der Waals surface area contributed by atoms with Crippen LogP contribution >= 0.6 is 11.3 Å². The molecule has 1 aromatic carbocycles. The highest BCUT2D eigenvalue weighted by Crippen LogP contribution is 2.17. The number of thiazole rings is 1. The van der Waals surface area contributed by atoms with Gasteiger partial charge in [-0.1, -0.05) is 17.2 Å². The molecule has 5 nitrogen and oxygen atoms in total. The van der Waals surface area contributed by atoms with Gasteiger partial charge in [-0.25, -0.2) is 9.67 Å². The maximum atomic E-state index is 12.3. The maximum absolute atomic E-state index is 12.3. The first-order chi connectivity index (χ1) is 11.9. The van der Waals surface area contributed by atoms with Gasteiger partial charge in [0.15, 0.2) is 0 Å². The van der Waals surface area contributed by atoms with Gasteiger partial charge in [0.05, 0.1) is 11.4 Å². The van der Waals surface area contributed by atoms with E-state index in [0.717, 1.165) is 33.3 Å². The van der Waals surface area contributed by atoms with Crippen molar-refractivity contribution < 1.29 is 4.79 Å². The Morgan fingerprint density at radius 1 is 1.12 bits per heavy atom. The molecule has 3 rings (SSSR count). The quantitative estimate of drug-likeness (QED) is 0.762. The fourth-order valence-corrected chi connectivity index (χ4v) is 3.71. The third-order valence-electron chi connectivity index (χ3n) is 3.88. The van der Waals surface area contributed by atoms with E-state index in [2.05, 4.69) is 21.5 Å². The molecule has 0 bridgehead atoms. The van der Waals surface area contributed by atoms with Crippen LogP contribution in [-0.4, -0.2) is 27.2 Å². The lowest BCUT2D eigenvalue weighted by atomic mass is 10.1. The molecule has 0 atom stereocenters. The topological polar surface area (TPSA) is 59.8 Å². The van der Waals surface area contributed by atoms with Crippen molar-refractivity contribution in [2.45, 2.75) is 34.1 Å². The molecular formula is C19H22N4OS. The minimum Gasteiger partial charge on any atom is -0.352 e. The molecule has 0 aliphatic heterocycles. The third-order valence-corrected chi connectivity index (χ3v) is 4.75. The van der Waals surface area contributed by atoms with Gasteiger partial charge >= 0.3 is 0 Å². The van der Waals surface area contributed by atoms with E-state index in [-0.39, 0.29) is 5.91 Å². The maximum Gasteiger partial charge on any atom is 0.251 e. The normalized spacial score (nSPS) is 10.9. The average Bonchev–Trinajstić information content (AvgIpc) is 3.12. The van der Waals surface area contributed by atoms with Gasteiger partial charge in [0.2, 0.25) is 5.13 Å². The Balaban J connectivity index is 1.59. The number of hydrogen-bond acceptors (Lipinski definition) is 4. The summed E-state index contributed by atoms with van der Waals surface area (Å²) >= 11 is 1.57. The highest BCUT2D eigenvalue weighted by atomic mass is 32.1. The van der Waals surface area contributed by atoms with E-state index < -0.39 is 0 Å². The van der Waals surface area contributed by atoms with Crippen molar-refractivity contribution in [3.63, 3.8) is 0 Å². The number of rotatable bonds is 5. The van der Waals surface area contributed by atoms with Gasteiger partial charge in [0.1, 0.15) is 0 Å². The van der Waals surface area contributed by atoms with Gasteiger partial charge in [-0.15, -0.1) is 11.3 Å². The predicted octanol–water partition coefficient (Wildman–Crippen LogP) is 3.53. The van der Waals surface area contributed by atoms with Gasteiger partial charge in [0, 0.05) is 29.6 Å². The molecule has 0 aliphatic rings. The number of amides is 1. The first-order valence-electron chi connectivity index (χ1n) is 8.27. The molecule has 25 heavy (non-hydrogen) atoms. The first kappa shape index (κ1) is 17.4. The van der Waals surface area contributed by atoms with Crippen LogP contribution in [0.1, 0.15) is 38.6 Å². The second kappa shape index (κ2) is 7.19. The lowest BCUT2D eigenvalue weighted by molar-refractivity contribution is 0.0954. The van der Waals surface area contributed by atoms with E-state index in [9.17, 15) is 4.79 Å². The van der Waals surface area contributed by atoms with Crippen molar-refractivity contribution in [3.8, 4) is 5.13 Å². The van der Waals surface area contributed by atoms with Crippen molar-refractivity contribution in [2.24, 2.45) is 0 Å². The van der Waals surface area contributed by atoms with Crippen LogP contribution in [0.2, 0.25) is 0 Å². The van der Waals surface area contributed by atoms with Gasteiger partial charge < -0.3 is 5.32 Å². The Labute approximate surface area is 151 Å². The van der Waals surface area contributed by atoms with E-state index in [1.165, 1.54) is 0 Å². The predicted molar refractivity (Wildman–Crippen MR) is 101 cm³/mol. The summed E-state index contributed by atoms with van der Waals surface area (Å²) in [7, 11) is 0. The van der Waals surface area contributed by atoms with Crippen molar-refractivity contribution in [3.05, 3.63) is 63.4 Å². The van der Waals surface area contributed by atoms with Crippen LogP contribution in [0.5, 0.6) is 0 Å². The number of nitrogens with one attached hydrogen (secondary N) is 1. The molecule has 130 valence electrons. The molecule has 6 heteroatoms. The molecule has 0 saturated heterocycles. The molecule has 1 amide bonds. The van der Waals surface area contributed by atoms with Gasteiger partial charge in [-0.05, 0) is 45.9 Å². The van der Waals surface area contributed by atoms with Crippen LogP contribution in [-0.2, 0) is 6.42 Å². The second-order valence-electron chi connectivity index (χ2n) is 6.34. The van der Waals surface area contributed by atoms with E-state index in [1.54, 1.807) is 11.3 Å². The highest BCUT2D eigenvalue weighted by molar-refractivity contribution is 7.12. The fourth-order valence-electron chi connectivity index (χ4n) is 2.84. The largest absolute Gasteiger partial charge is 0.352 e. The molecule has 0 fully saturated rings. The van der Waals surface area contributed by atoms with E-state index in [1.807, 2.05) is 56.0 Å². The summed E-state index contributed by atoms with van der Waals surface area (Å²) < 4.78 is 1.86. The van der Waals surface area contributed by atoms with Crippen LogP contribution in [0.4, 0.5) is 0 Å². The Hall–Kier alpha value is -2.47. The summed E-state index contributed by atoms with van der Waals surface area (Å²) in [5, 5.41) is 10.3. The summed E-state index contributed by atoms with van der Waals surface area (Å²) in [5.41, 5.74) is 5.92. The van der Waals surface area contributed by atoms with Crippen molar-refractivity contribution in [1.29, 1.82) is 0 Å². The minimum absolute atomic E-state index is 0.0409. The monoisotopic (exact) mass is 354 g/mol. The lowest BCUT2D eigenvalue weighted by Gasteiger charge is -2.06. The first-order valence-corrected chi connectivity index (χ1v) is 9.15. The van der Waals surface area contributed by atoms with Crippen LogP contribution in [0, 0.1) is 27.7 Å². The molecule has 3 aromatic rings. The Morgan fingerprint density at radius 2 is 1.84 bits per heavy atom. The zero-order chi connectivity index (χ0) is 18.0. The molecule has 2 heterocycles. The SMILES string of the molecule is Cc1cc(C)cc(C(=O)NCCc2csc(-n3nc(C)cc3C)n2)c1. The van der Waals surface area contributed by atoms with Crippen LogP contribution in [0.3, 0.4) is 0 Å². The number of aryl methyl sites for hydroxylation is 4. The third kappa shape index (κ3) is 4.14. The number of nitrogens with zero attached hydrogens (tertiary/aromatic N) is 3. The Bertz CT molecular complexity index is 890. The molecule has 0 spiro atoms. The summed E-state index contributed by atoms with van der Waals surface area (Å²) in [6, 6.07) is 7.91. The number of aromatic nitrogens is 3. The van der Waals surface area contributed by atoms with E-state index >= 15 is 0 Å². The number of benzene rings is 1. The minimum atomic E-state index is -0.0409. The zero-order valence-corrected chi connectivity index (χ0v) is 15.8. The van der Waals surface area contributed by atoms with Gasteiger partial charge in [-0.3, -0.25) is 4.79 Å². The number of carbonyl (C=O) groups is 1.